The van der Waals surface area contributed by atoms with Crippen molar-refractivity contribution in [1.29, 1.82) is 0 Å². The predicted molar refractivity (Wildman–Crippen MR) is 83.0 cm³/mol. The average Bonchev–Trinajstić information content (AvgIpc) is 2.39. The van der Waals surface area contributed by atoms with Gasteiger partial charge in [0.25, 0.3) is 0 Å². The molecule has 0 aromatic heterocycles. The minimum atomic E-state index is 0.172. The number of anilines is 1. The molecule has 1 saturated heterocycles. The van der Waals surface area contributed by atoms with Crippen molar-refractivity contribution in [1.82, 2.24) is 10.2 Å². The Balaban J connectivity index is 2.04. The SMILES string of the molecule is CC(C)N(C(=O)CN1CCN[C@H](C)C1)c1ccccc1. The van der Waals surface area contributed by atoms with Crippen molar-refractivity contribution >= 4 is 11.6 Å². The third-order valence-corrected chi connectivity index (χ3v) is 3.63. The second-order valence-electron chi connectivity index (χ2n) is 5.78. The highest BCUT2D eigenvalue weighted by atomic mass is 16.2. The average molecular weight is 275 g/mol. The first-order chi connectivity index (χ1) is 9.58. The van der Waals surface area contributed by atoms with Gasteiger partial charge in [0.15, 0.2) is 0 Å². The van der Waals surface area contributed by atoms with Gasteiger partial charge in [0, 0.05) is 37.4 Å². The Morgan fingerprint density at radius 3 is 2.70 bits per heavy atom. The van der Waals surface area contributed by atoms with E-state index >= 15 is 0 Å². The maximum atomic E-state index is 12.6. The number of para-hydroxylation sites is 1. The molecule has 20 heavy (non-hydrogen) atoms. The van der Waals surface area contributed by atoms with Gasteiger partial charge in [-0.05, 0) is 32.9 Å². The monoisotopic (exact) mass is 275 g/mol. The highest BCUT2D eigenvalue weighted by Crippen LogP contribution is 2.17. The molecule has 0 unspecified atom stereocenters. The molecular formula is C16H25N3O. The summed E-state index contributed by atoms with van der Waals surface area (Å²) in [6.07, 6.45) is 0. The van der Waals surface area contributed by atoms with Crippen LogP contribution in [0.25, 0.3) is 0 Å². The van der Waals surface area contributed by atoms with Gasteiger partial charge in [-0.25, -0.2) is 0 Å². The first-order valence-corrected chi connectivity index (χ1v) is 7.40. The number of carbonyl (C=O) groups excluding carboxylic acids is 1. The number of amides is 1. The zero-order chi connectivity index (χ0) is 14.5. The molecule has 1 atom stereocenters. The molecule has 1 aromatic carbocycles. The van der Waals surface area contributed by atoms with Crippen LogP contribution in [-0.4, -0.2) is 49.1 Å². The third kappa shape index (κ3) is 3.81. The van der Waals surface area contributed by atoms with Crippen LogP contribution in [-0.2, 0) is 4.79 Å². The molecule has 1 fully saturated rings. The Bertz CT molecular complexity index is 433. The first kappa shape index (κ1) is 15.0. The molecule has 1 amide bonds. The van der Waals surface area contributed by atoms with Crippen molar-refractivity contribution in [3.63, 3.8) is 0 Å². The maximum Gasteiger partial charge on any atom is 0.241 e. The van der Waals surface area contributed by atoms with Crippen LogP contribution in [0.3, 0.4) is 0 Å². The van der Waals surface area contributed by atoms with Crippen LogP contribution in [0, 0.1) is 0 Å². The Hall–Kier alpha value is -1.39. The van der Waals surface area contributed by atoms with Gasteiger partial charge < -0.3 is 10.2 Å². The molecule has 4 nitrogen and oxygen atoms in total. The number of nitrogens with one attached hydrogen (secondary N) is 1. The number of carbonyl (C=O) groups is 1. The van der Waals surface area contributed by atoms with Crippen LogP contribution in [0.1, 0.15) is 20.8 Å². The maximum absolute atomic E-state index is 12.6. The lowest BCUT2D eigenvalue weighted by Gasteiger charge is -2.34. The molecule has 0 aliphatic carbocycles. The molecule has 4 heteroatoms. The number of nitrogens with zero attached hydrogens (tertiary/aromatic N) is 2. The van der Waals surface area contributed by atoms with Crippen LogP contribution in [0.4, 0.5) is 5.69 Å². The van der Waals surface area contributed by atoms with Gasteiger partial charge in [0.1, 0.15) is 0 Å². The number of benzene rings is 1. The van der Waals surface area contributed by atoms with Gasteiger partial charge in [-0.3, -0.25) is 9.69 Å². The van der Waals surface area contributed by atoms with E-state index in [0.717, 1.165) is 25.3 Å². The molecule has 1 aromatic rings. The van der Waals surface area contributed by atoms with E-state index in [-0.39, 0.29) is 11.9 Å². The van der Waals surface area contributed by atoms with E-state index in [1.54, 1.807) is 0 Å². The first-order valence-electron chi connectivity index (χ1n) is 7.40. The summed E-state index contributed by atoms with van der Waals surface area (Å²) in [5.74, 6) is 0.181. The van der Waals surface area contributed by atoms with E-state index in [1.807, 2.05) is 35.2 Å². The van der Waals surface area contributed by atoms with Gasteiger partial charge in [-0.15, -0.1) is 0 Å². The fourth-order valence-corrected chi connectivity index (χ4v) is 2.74. The van der Waals surface area contributed by atoms with E-state index in [2.05, 4.69) is 31.0 Å². The van der Waals surface area contributed by atoms with Gasteiger partial charge >= 0.3 is 0 Å². The molecule has 0 saturated carbocycles. The van der Waals surface area contributed by atoms with E-state index < -0.39 is 0 Å². The zero-order valence-corrected chi connectivity index (χ0v) is 12.7. The minimum Gasteiger partial charge on any atom is -0.312 e. The Labute approximate surface area is 121 Å². The molecule has 0 spiro atoms. The topological polar surface area (TPSA) is 35.6 Å². The van der Waals surface area contributed by atoms with E-state index in [0.29, 0.717) is 12.6 Å². The van der Waals surface area contributed by atoms with Crippen LogP contribution in [0.5, 0.6) is 0 Å². The molecular weight excluding hydrogens is 250 g/mol. The summed E-state index contributed by atoms with van der Waals surface area (Å²) >= 11 is 0. The number of hydrogen-bond donors (Lipinski definition) is 1. The number of rotatable bonds is 4. The molecule has 2 rings (SSSR count). The minimum absolute atomic E-state index is 0.172. The van der Waals surface area contributed by atoms with Crippen molar-refractivity contribution in [2.75, 3.05) is 31.1 Å². The summed E-state index contributed by atoms with van der Waals surface area (Å²) in [7, 11) is 0. The summed E-state index contributed by atoms with van der Waals surface area (Å²) in [5.41, 5.74) is 0.982. The van der Waals surface area contributed by atoms with E-state index in [4.69, 9.17) is 0 Å². The normalized spacial score (nSPS) is 20.1. The molecule has 1 aliphatic heterocycles. The molecule has 1 N–H and O–H groups in total. The summed E-state index contributed by atoms with van der Waals surface area (Å²) in [5, 5.41) is 3.40. The van der Waals surface area contributed by atoms with Crippen LogP contribution in [0.2, 0.25) is 0 Å². The van der Waals surface area contributed by atoms with Crippen molar-refractivity contribution in [3.8, 4) is 0 Å². The highest BCUT2D eigenvalue weighted by Gasteiger charge is 2.23. The third-order valence-electron chi connectivity index (χ3n) is 3.63. The second-order valence-corrected chi connectivity index (χ2v) is 5.78. The summed E-state index contributed by atoms with van der Waals surface area (Å²) in [6.45, 7) is 9.62. The van der Waals surface area contributed by atoms with E-state index in [1.165, 1.54) is 0 Å². The second kappa shape index (κ2) is 6.86. The van der Waals surface area contributed by atoms with E-state index in [9.17, 15) is 4.79 Å². The number of hydrogen-bond acceptors (Lipinski definition) is 3. The molecule has 1 heterocycles. The fourth-order valence-electron chi connectivity index (χ4n) is 2.74. The molecule has 1 aliphatic rings. The van der Waals surface area contributed by atoms with Crippen molar-refractivity contribution < 1.29 is 4.79 Å². The van der Waals surface area contributed by atoms with Crippen LogP contribution >= 0.6 is 0 Å². The largest absolute Gasteiger partial charge is 0.312 e. The fraction of sp³-hybridized carbons (Fsp3) is 0.562. The Kier molecular flexibility index (Phi) is 5.15. The van der Waals surface area contributed by atoms with Crippen molar-refractivity contribution in [2.24, 2.45) is 0 Å². The number of piperazine rings is 1. The summed E-state index contributed by atoms with van der Waals surface area (Å²) in [4.78, 5) is 16.8. The van der Waals surface area contributed by atoms with Crippen molar-refractivity contribution in [2.45, 2.75) is 32.9 Å². The van der Waals surface area contributed by atoms with Gasteiger partial charge in [-0.1, -0.05) is 18.2 Å². The predicted octanol–water partition coefficient (Wildman–Crippen LogP) is 1.72. The van der Waals surface area contributed by atoms with Gasteiger partial charge in [-0.2, -0.15) is 0 Å². The summed E-state index contributed by atoms with van der Waals surface area (Å²) < 4.78 is 0. The molecule has 110 valence electrons. The zero-order valence-electron chi connectivity index (χ0n) is 12.7. The Morgan fingerprint density at radius 1 is 1.40 bits per heavy atom. The highest BCUT2D eigenvalue weighted by molar-refractivity contribution is 5.95. The smallest absolute Gasteiger partial charge is 0.241 e. The summed E-state index contributed by atoms with van der Waals surface area (Å²) in [6, 6.07) is 10.6. The lowest BCUT2D eigenvalue weighted by Crippen LogP contribution is -2.53. The lowest BCUT2D eigenvalue weighted by atomic mass is 10.2. The van der Waals surface area contributed by atoms with Gasteiger partial charge in [0.05, 0.1) is 6.54 Å². The lowest BCUT2D eigenvalue weighted by molar-refractivity contribution is -0.120. The molecule has 0 bridgehead atoms. The Morgan fingerprint density at radius 2 is 2.10 bits per heavy atom. The quantitative estimate of drug-likeness (QED) is 0.909. The standard InChI is InChI=1S/C16H25N3O/c1-13(2)19(15-7-5-4-6-8-15)16(20)12-18-10-9-17-14(3)11-18/h4-8,13-14,17H,9-12H2,1-3H3/t14-/m1/s1. The molecule has 0 radical (unpaired) electrons. The van der Waals surface area contributed by atoms with Crippen molar-refractivity contribution in [3.05, 3.63) is 30.3 Å². The van der Waals surface area contributed by atoms with Crippen LogP contribution in [0.15, 0.2) is 30.3 Å². The van der Waals surface area contributed by atoms with Gasteiger partial charge in [0.2, 0.25) is 5.91 Å². The van der Waals surface area contributed by atoms with Crippen LogP contribution < -0.4 is 10.2 Å².